The molecule has 3 rings (SSSR count). The van der Waals surface area contributed by atoms with E-state index in [0.717, 1.165) is 28.5 Å². The van der Waals surface area contributed by atoms with E-state index in [-0.39, 0.29) is 12.6 Å². The van der Waals surface area contributed by atoms with Gasteiger partial charge in [-0.1, -0.05) is 42.5 Å². The van der Waals surface area contributed by atoms with E-state index in [1.54, 1.807) is 6.07 Å². The number of fused-ring (bicyclic) bond motifs is 1. The van der Waals surface area contributed by atoms with E-state index in [2.05, 4.69) is 17.2 Å². The number of benzene rings is 2. The van der Waals surface area contributed by atoms with Gasteiger partial charge < -0.3 is 25.3 Å². The van der Waals surface area contributed by atoms with Crippen LogP contribution >= 0.6 is 0 Å². The van der Waals surface area contributed by atoms with Crippen LogP contribution < -0.4 is 10.1 Å². The maximum atomic E-state index is 10.7. The number of carbonyl (C=O) groups is 1. The first-order chi connectivity index (χ1) is 13.0. The van der Waals surface area contributed by atoms with E-state index in [1.807, 2.05) is 48.7 Å². The number of rotatable bonds is 9. The Morgan fingerprint density at radius 2 is 2.00 bits per heavy atom. The van der Waals surface area contributed by atoms with Gasteiger partial charge in [0.2, 0.25) is 0 Å². The van der Waals surface area contributed by atoms with Crippen LogP contribution in [-0.2, 0) is 11.2 Å². The molecule has 0 saturated carbocycles. The summed E-state index contributed by atoms with van der Waals surface area (Å²) in [7, 11) is 0. The number of aliphatic carboxylic acids is 1. The van der Waals surface area contributed by atoms with Gasteiger partial charge in [0.15, 0.2) is 6.61 Å². The maximum absolute atomic E-state index is 10.7. The third kappa shape index (κ3) is 4.87. The number of ether oxygens (including phenoxy) is 1. The molecule has 4 N–H and O–H groups in total. The Morgan fingerprint density at radius 1 is 1.22 bits per heavy atom. The van der Waals surface area contributed by atoms with Gasteiger partial charge in [-0.2, -0.15) is 0 Å². The molecule has 2 aromatic carbocycles. The minimum absolute atomic E-state index is 0.158. The van der Waals surface area contributed by atoms with Crippen LogP contribution in [0, 0.1) is 0 Å². The Bertz CT molecular complexity index is 892. The van der Waals surface area contributed by atoms with Crippen molar-refractivity contribution in [2.45, 2.75) is 25.5 Å². The third-order valence-corrected chi connectivity index (χ3v) is 4.48. The molecule has 1 aromatic heterocycles. The molecule has 27 heavy (non-hydrogen) atoms. The maximum Gasteiger partial charge on any atom is 0.341 e. The van der Waals surface area contributed by atoms with Gasteiger partial charge in [0.1, 0.15) is 5.75 Å². The molecule has 0 amide bonds. The van der Waals surface area contributed by atoms with E-state index < -0.39 is 12.1 Å². The van der Waals surface area contributed by atoms with E-state index in [4.69, 9.17) is 9.84 Å². The average Bonchev–Trinajstić information content (AvgIpc) is 3.08. The highest BCUT2D eigenvalue weighted by molar-refractivity contribution is 5.88. The Kier molecular flexibility index (Phi) is 6.11. The second-order valence-electron chi connectivity index (χ2n) is 6.61. The third-order valence-electron chi connectivity index (χ3n) is 4.48. The lowest BCUT2D eigenvalue weighted by molar-refractivity contribution is -0.139. The summed E-state index contributed by atoms with van der Waals surface area (Å²) in [5.74, 6) is -0.477. The molecule has 0 aliphatic rings. The molecule has 0 aliphatic heterocycles. The van der Waals surface area contributed by atoms with Crippen LogP contribution in [0.15, 0.2) is 54.7 Å². The first kappa shape index (κ1) is 18.9. The van der Waals surface area contributed by atoms with Crippen molar-refractivity contribution in [1.29, 1.82) is 0 Å². The molecule has 0 bridgehead atoms. The Hall–Kier alpha value is -2.83. The molecule has 0 fully saturated rings. The largest absolute Gasteiger partial charge is 0.480 e. The highest BCUT2D eigenvalue weighted by Crippen LogP contribution is 2.28. The van der Waals surface area contributed by atoms with Crippen LogP contribution in [0.1, 0.15) is 24.2 Å². The van der Waals surface area contributed by atoms with Gasteiger partial charge in [-0.3, -0.25) is 0 Å². The fraction of sp³-hybridized carbons (Fsp3) is 0.286. The van der Waals surface area contributed by atoms with E-state index in [9.17, 15) is 9.90 Å². The summed E-state index contributed by atoms with van der Waals surface area (Å²) in [4.78, 5) is 13.9. The van der Waals surface area contributed by atoms with Crippen molar-refractivity contribution < 1.29 is 19.7 Å². The van der Waals surface area contributed by atoms with Crippen LogP contribution in [0.4, 0.5) is 0 Å². The number of H-pyrrole nitrogens is 1. The molecular weight excluding hydrogens is 346 g/mol. The molecular formula is C21H24N2O4. The minimum Gasteiger partial charge on any atom is -0.480 e. The normalized spacial score (nSPS) is 13.4. The zero-order valence-electron chi connectivity index (χ0n) is 15.2. The lowest BCUT2D eigenvalue weighted by Crippen LogP contribution is -2.32. The molecule has 6 heteroatoms. The van der Waals surface area contributed by atoms with Crippen molar-refractivity contribution in [2.24, 2.45) is 0 Å². The molecule has 0 unspecified atom stereocenters. The number of aliphatic hydroxyl groups excluding tert-OH is 1. The van der Waals surface area contributed by atoms with E-state index >= 15 is 0 Å². The van der Waals surface area contributed by atoms with Crippen molar-refractivity contribution in [3.05, 3.63) is 65.9 Å². The predicted molar refractivity (Wildman–Crippen MR) is 104 cm³/mol. The van der Waals surface area contributed by atoms with Crippen molar-refractivity contribution in [3.8, 4) is 5.75 Å². The van der Waals surface area contributed by atoms with Crippen molar-refractivity contribution >= 4 is 16.9 Å². The van der Waals surface area contributed by atoms with Crippen molar-refractivity contribution in [3.63, 3.8) is 0 Å². The zero-order valence-corrected chi connectivity index (χ0v) is 15.2. The fourth-order valence-corrected chi connectivity index (χ4v) is 3.12. The number of hydrogen-bond donors (Lipinski definition) is 4. The lowest BCUT2D eigenvalue weighted by atomic mass is 10.0. The Balaban J connectivity index is 1.62. The molecule has 0 saturated heterocycles. The first-order valence-corrected chi connectivity index (χ1v) is 8.94. The fourth-order valence-electron chi connectivity index (χ4n) is 3.12. The molecule has 0 spiro atoms. The van der Waals surface area contributed by atoms with Gasteiger partial charge in [0.25, 0.3) is 0 Å². The summed E-state index contributed by atoms with van der Waals surface area (Å²) in [6, 6.07) is 15.3. The Morgan fingerprint density at radius 3 is 2.74 bits per heavy atom. The van der Waals surface area contributed by atoms with Gasteiger partial charge >= 0.3 is 5.97 Å². The predicted octanol–water partition coefficient (Wildman–Crippen LogP) is 2.89. The van der Waals surface area contributed by atoms with Gasteiger partial charge in [-0.25, -0.2) is 4.79 Å². The standard InChI is InChI=1S/C21H24N2O4/c1-14(22-12-18(24)15-6-3-2-4-7-15)10-16-11-23-21-17(16)8-5-9-19(21)27-13-20(25)26/h2-9,11,14,18,22-24H,10,12-13H2,1H3,(H,25,26)/t14-,18+/m1/s1/i13+2. The van der Waals surface area contributed by atoms with Crippen molar-refractivity contribution in [2.75, 3.05) is 13.2 Å². The second kappa shape index (κ2) is 8.70. The van der Waals surface area contributed by atoms with E-state index in [1.165, 1.54) is 0 Å². The summed E-state index contributed by atoms with van der Waals surface area (Å²) in [6.07, 6.45) is 2.14. The molecule has 2 atom stereocenters. The molecule has 0 radical (unpaired) electrons. The Labute approximate surface area is 157 Å². The summed E-state index contributed by atoms with van der Waals surface area (Å²) in [5.41, 5.74) is 2.80. The van der Waals surface area contributed by atoms with Crippen LogP contribution in [0.5, 0.6) is 5.75 Å². The highest BCUT2D eigenvalue weighted by atomic mass is 16.7. The number of para-hydroxylation sites is 1. The molecule has 142 valence electrons. The molecule has 0 aliphatic carbocycles. The smallest absolute Gasteiger partial charge is 0.341 e. The number of aliphatic hydroxyl groups is 1. The first-order valence-electron chi connectivity index (χ1n) is 8.94. The summed E-state index contributed by atoms with van der Waals surface area (Å²) in [5, 5.41) is 23.4. The number of hydrogen-bond acceptors (Lipinski definition) is 4. The van der Waals surface area contributed by atoms with E-state index in [0.29, 0.717) is 12.3 Å². The highest BCUT2D eigenvalue weighted by Gasteiger charge is 2.13. The van der Waals surface area contributed by atoms with Crippen LogP contribution in [0.2, 0.25) is 0 Å². The number of aromatic nitrogens is 1. The number of carboxylic acids is 1. The topological polar surface area (TPSA) is 94.6 Å². The number of nitrogens with one attached hydrogen (secondary N) is 2. The summed E-state index contributed by atoms with van der Waals surface area (Å²) >= 11 is 0. The van der Waals surface area contributed by atoms with Crippen LogP contribution in [-0.4, -0.2) is 40.4 Å². The van der Waals surface area contributed by atoms with Gasteiger partial charge in [-0.15, -0.1) is 0 Å². The number of aromatic amines is 1. The van der Waals surface area contributed by atoms with Gasteiger partial charge in [-0.05, 0) is 30.5 Å². The monoisotopic (exact) mass is 370 g/mol. The van der Waals surface area contributed by atoms with Crippen LogP contribution in [0.25, 0.3) is 10.9 Å². The van der Waals surface area contributed by atoms with Crippen molar-refractivity contribution in [1.82, 2.24) is 10.3 Å². The lowest BCUT2D eigenvalue weighted by Gasteiger charge is -2.17. The zero-order chi connectivity index (χ0) is 19.2. The second-order valence-corrected chi connectivity index (χ2v) is 6.61. The molecule has 1 heterocycles. The summed E-state index contributed by atoms with van der Waals surface area (Å²) in [6.45, 7) is 2.17. The van der Waals surface area contributed by atoms with Gasteiger partial charge in [0, 0.05) is 24.2 Å². The quantitative estimate of drug-likeness (QED) is 0.465. The number of carboxylic acid groups (broad SMARTS) is 1. The molecule has 3 aromatic rings. The van der Waals surface area contributed by atoms with Crippen LogP contribution in [0.3, 0.4) is 0 Å². The summed E-state index contributed by atoms with van der Waals surface area (Å²) < 4.78 is 5.35. The average molecular weight is 370 g/mol. The molecule has 6 nitrogen and oxygen atoms in total. The van der Waals surface area contributed by atoms with Gasteiger partial charge in [0.05, 0.1) is 11.6 Å². The SMILES string of the molecule is C[C@H](Cc1c[nH]c2c(O[14CH2]C(=O)O)cccc12)NC[C@H](O)c1ccccc1. The minimum atomic E-state index is -1.01.